The van der Waals surface area contributed by atoms with Gasteiger partial charge in [-0.1, -0.05) is 25.6 Å². The maximum Gasteiger partial charge on any atom is 0.159 e. The Labute approximate surface area is 107 Å². The Morgan fingerprint density at radius 1 is 1.41 bits per heavy atom. The number of aryl methyl sites for hydroxylation is 1. The van der Waals surface area contributed by atoms with Crippen LogP contribution in [0.4, 0.5) is 0 Å². The SMILES string of the molecule is CCCc1cc2cccnc2n(N(C)C)c1=S. The summed E-state index contributed by atoms with van der Waals surface area (Å²) in [7, 11) is 3.97. The number of hydrogen-bond acceptors (Lipinski definition) is 3. The Morgan fingerprint density at radius 2 is 2.18 bits per heavy atom. The van der Waals surface area contributed by atoms with Crippen LogP contribution in [-0.4, -0.2) is 23.8 Å². The van der Waals surface area contributed by atoms with Crippen LogP contribution in [0.1, 0.15) is 18.9 Å². The van der Waals surface area contributed by atoms with Gasteiger partial charge in [0.2, 0.25) is 0 Å². The van der Waals surface area contributed by atoms with Gasteiger partial charge in [0.25, 0.3) is 0 Å². The summed E-state index contributed by atoms with van der Waals surface area (Å²) in [5, 5.41) is 3.12. The van der Waals surface area contributed by atoms with Crippen LogP contribution in [0.2, 0.25) is 0 Å². The molecule has 2 aromatic rings. The van der Waals surface area contributed by atoms with Crippen LogP contribution < -0.4 is 5.01 Å². The summed E-state index contributed by atoms with van der Waals surface area (Å²) in [6.45, 7) is 2.17. The largest absolute Gasteiger partial charge is 0.316 e. The first-order chi connectivity index (χ1) is 8.15. The molecule has 0 fully saturated rings. The topological polar surface area (TPSA) is 21.1 Å². The third-order valence-electron chi connectivity index (χ3n) is 2.73. The molecule has 90 valence electrons. The van der Waals surface area contributed by atoms with Crippen LogP contribution in [0.3, 0.4) is 0 Å². The molecular formula is C13H17N3S. The highest BCUT2D eigenvalue weighted by molar-refractivity contribution is 7.71. The molecule has 0 atom stereocenters. The Balaban J connectivity index is 2.81. The lowest BCUT2D eigenvalue weighted by Crippen LogP contribution is -2.27. The first-order valence-corrected chi connectivity index (χ1v) is 6.23. The number of rotatable bonds is 3. The monoisotopic (exact) mass is 247 g/mol. The van der Waals surface area contributed by atoms with Gasteiger partial charge in [0, 0.05) is 25.7 Å². The van der Waals surface area contributed by atoms with E-state index in [2.05, 4.69) is 24.0 Å². The number of pyridine rings is 2. The first-order valence-electron chi connectivity index (χ1n) is 5.82. The molecule has 0 aromatic carbocycles. The maximum absolute atomic E-state index is 5.54. The molecule has 0 N–H and O–H groups in total. The molecule has 3 nitrogen and oxygen atoms in total. The van der Waals surface area contributed by atoms with Gasteiger partial charge in [0.15, 0.2) is 5.65 Å². The van der Waals surface area contributed by atoms with E-state index in [1.54, 1.807) is 6.20 Å². The molecule has 0 bridgehead atoms. The predicted octanol–water partition coefficient (Wildman–Crippen LogP) is 2.92. The molecule has 0 aliphatic rings. The molecule has 0 spiro atoms. The molecule has 2 aromatic heterocycles. The fourth-order valence-electron chi connectivity index (χ4n) is 2.00. The van der Waals surface area contributed by atoms with Gasteiger partial charge in [-0.15, -0.1) is 0 Å². The number of aromatic nitrogens is 2. The molecule has 0 saturated heterocycles. The van der Waals surface area contributed by atoms with Crippen molar-refractivity contribution in [3.8, 4) is 0 Å². The van der Waals surface area contributed by atoms with Crippen LogP contribution in [0.15, 0.2) is 24.4 Å². The van der Waals surface area contributed by atoms with Crippen molar-refractivity contribution in [3.05, 3.63) is 34.6 Å². The van der Waals surface area contributed by atoms with Crippen molar-refractivity contribution in [2.75, 3.05) is 19.1 Å². The average molecular weight is 247 g/mol. The summed E-state index contributed by atoms with van der Waals surface area (Å²) in [5.41, 5.74) is 2.14. The third-order valence-corrected chi connectivity index (χ3v) is 3.17. The summed E-state index contributed by atoms with van der Waals surface area (Å²) in [6.07, 6.45) is 3.91. The quantitative estimate of drug-likeness (QED) is 0.778. The second kappa shape index (κ2) is 4.84. The molecule has 0 saturated carbocycles. The van der Waals surface area contributed by atoms with Gasteiger partial charge in [0.05, 0.1) is 0 Å². The van der Waals surface area contributed by atoms with E-state index < -0.39 is 0 Å². The first kappa shape index (κ1) is 12.0. The van der Waals surface area contributed by atoms with E-state index in [1.165, 1.54) is 5.56 Å². The van der Waals surface area contributed by atoms with Crippen molar-refractivity contribution in [1.82, 2.24) is 9.66 Å². The highest BCUT2D eigenvalue weighted by atomic mass is 32.1. The highest BCUT2D eigenvalue weighted by Gasteiger charge is 2.07. The lowest BCUT2D eigenvalue weighted by atomic mass is 10.1. The van der Waals surface area contributed by atoms with E-state index in [4.69, 9.17) is 12.2 Å². The molecule has 0 amide bonds. The van der Waals surface area contributed by atoms with Crippen LogP contribution in [0, 0.1) is 4.64 Å². The summed E-state index contributed by atoms with van der Waals surface area (Å²) >= 11 is 5.54. The number of hydrogen-bond donors (Lipinski definition) is 0. The molecule has 2 heterocycles. The van der Waals surface area contributed by atoms with Crippen molar-refractivity contribution in [3.63, 3.8) is 0 Å². The Morgan fingerprint density at radius 3 is 2.82 bits per heavy atom. The second-order valence-corrected chi connectivity index (χ2v) is 4.69. The van der Waals surface area contributed by atoms with E-state index in [-0.39, 0.29) is 0 Å². The molecule has 0 aliphatic heterocycles. The summed E-state index contributed by atoms with van der Waals surface area (Å²) < 4.78 is 2.86. The lowest BCUT2D eigenvalue weighted by molar-refractivity contribution is 0.724. The zero-order valence-corrected chi connectivity index (χ0v) is 11.3. The Bertz CT molecular complexity index is 587. The zero-order valence-electron chi connectivity index (χ0n) is 10.5. The predicted molar refractivity (Wildman–Crippen MR) is 74.6 cm³/mol. The molecule has 4 heteroatoms. The van der Waals surface area contributed by atoms with E-state index in [1.807, 2.05) is 29.8 Å². The Hall–Kier alpha value is -1.42. The minimum absolute atomic E-state index is 0.864. The van der Waals surface area contributed by atoms with Crippen LogP contribution in [0.5, 0.6) is 0 Å². The third kappa shape index (κ3) is 2.17. The zero-order chi connectivity index (χ0) is 12.4. The fourth-order valence-corrected chi connectivity index (χ4v) is 2.41. The second-order valence-electron chi connectivity index (χ2n) is 4.30. The number of fused-ring (bicyclic) bond motifs is 1. The maximum atomic E-state index is 5.54. The summed E-state index contributed by atoms with van der Waals surface area (Å²) in [4.78, 5) is 4.42. The molecular weight excluding hydrogens is 230 g/mol. The molecule has 0 aliphatic carbocycles. The van der Waals surface area contributed by atoms with E-state index >= 15 is 0 Å². The van der Waals surface area contributed by atoms with Crippen molar-refractivity contribution < 1.29 is 0 Å². The lowest BCUT2D eigenvalue weighted by Gasteiger charge is -2.20. The minimum atomic E-state index is 0.864. The summed E-state index contributed by atoms with van der Waals surface area (Å²) in [6, 6.07) is 6.20. The van der Waals surface area contributed by atoms with Gasteiger partial charge in [-0.25, -0.2) is 9.66 Å². The fraction of sp³-hybridized carbons (Fsp3) is 0.385. The standard InChI is InChI=1S/C13H17N3S/c1-4-6-11-9-10-7-5-8-14-12(10)16(13(11)17)15(2)3/h5,7-9H,4,6H2,1-3H3. The van der Waals surface area contributed by atoms with Gasteiger partial charge in [-0.05, 0) is 30.2 Å². The van der Waals surface area contributed by atoms with Gasteiger partial charge in [-0.3, -0.25) is 0 Å². The van der Waals surface area contributed by atoms with E-state index in [0.717, 1.165) is 28.5 Å². The summed E-state index contributed by atoms with van der Waals surface area (Å²) in [5.74, 6) is 0. The Kier molecular flexibility index (Phi) is 3.43. The highest BCUT2D eigenvalue weighted by Crippen LogP contribution is 2.17. The van der Waals surface area contributed by atoms with E-state index in [9.17, 15) is 0 Å². The van der Waals surface area contributed by atoms with Crippen LogP contribution in [0.25, 0.3) is 11.0 Å². The van der Waals surface area contributed by atoms with Gasteiger partial charge < -0.3 is 5.01 Å². The van der Waals surface area contributed by atoms with Crippen molar-refractivity contribution in [2.24, 2.45) is 0 Å². The van der Waals surface area contributed by atoms with Gasteiger partial charge >= 0.3 is 0 Å². The average Bonchev–Trinajstić information content (AvgIpc) is 2.30. The van der Waals surface area contributed by atoms with Crippen molar-refractivity contribution in [2.45, 2.75) is 19.8 Å². The van der Waals surface area contributed by atoms with Gasteiger partial charge in [0.1, 0.15) is 4.64 Å². The van der Waals surface area contributed by atoms with Crippen molar-refractivity contribution in [1.29, 1.82) is 0 Å². The van der Waals surface area contributed by atoms with Crippen molar-refractivity contribution >= 4 is 23.3 Å². The number of nitrogens with zero attached hydrogens (tertiary/aromatic N) is 3. The minimum Gasteiger partial charge on any atom is -0.316 e. The molecule has 0 radical (unpaired) electrons. The van der Waals surface area contributed by atoms with Crippen LogP contribution >= 0.6 is 12.2 Å². The normalized spacial score (nSPS) is 10.8. The smallest absolute Gasteiger partial charge is 0.159 e. The molecule has 0 unspecified atom stereocenters. The van der Waals surface area contributed by atoms with Gasteiger partial charge in [-0.2, -0.15) is 0 Å². The molecule has 2 rings (SSSR count). The molecule has 17 heavy (non-hydrogen) atoms. The van der Waals surface area contributed by atoms with Crippen LogP contribution in [-0.2, 0) is 6.42 Å². The van der Waals surface area contributed by atoms with E-state index in [0.29, 0.717) is 0 Å².